The molecular formula is C22H15N3O6. The second-order valence-corrected chi connectivity index (χ2v) is 6.67. The minimum absolute atomic E-state index is 0.0944. The highest BCUT2D eigenvalue weighted by molar-refractivity contribution is 6.34. The number of methoxy groups -OCH3 is 1. The van der Waals surface area contributed by atoms with E-state index in [2.05, 4.69) is 5.32 Å². The Morgan fingerprint density at radius 1 is 0.968 bits per heavy atom. The molecule has 1 heterocycles. The Balaban J connectivity index is 1.59. The molecule has 4 rings (SSSR count). The van der Waals surface area contributed by atoms with Crippen LogP contribution in [0.4, 0.5) is 17.1 Å². The van der Waals surface area contributed by atoms with Gasteiger partial charge in [0.1, 0.15) is 5.75 Å². The van der Waals surface area contributed by atoms with Crippen molar-refractivity contribution in [2.75, 3.05) is 17.3 Å². The van der Waals surface area contributed by atoms with E-state index in [9.17, 15) is 24.5 Å². The molecule has 9 heteroatoms. The smallest absolute Gasteiger partial charge is 0.270 e. The van der Waals surface area contributed by atoms with E-state index >= 15 is 0 Å². The van der Waals surface area contributed by atoms with Crippen LogP contribution in [0.3, 0.4) is 0 Å². The van der Waals surface area contributed by atoms with Gasteiger partial charge in [-0.3, -0.25) is 24.5 Å². The van der Waals surface area contributed by atoms with E-state index in [1.54, 1.807) is 24.3 Å². The molecule has 0 saturated heterocycles. The standard InChI is InChI=1S/C22H15N3O6/c1-31-17-8-6-15(7-9-17)24-21(27)18-10-5-14(12-19(18)22(24)28)23-20(26)13-3-2-4-16(11-13)25(29)30/h2-12H,1H3,(H,23,26). The molecule has 3 aromatic rings. The Hall–Kier alpha value is -4.53. The number of nitro benzene ring substituents is 1. The number of nitrogens with zero attached hydrogens (tertiary/aromatic N) is 2. The number of imide groups is 1. The molecule has 0 atom stereocenters. The predicted octanol–water partition coefficient (Wildman–Crippen LogP) is 3.66. The highest BCUT2D eigenvalue weighted by Gasteiger charge is 2.36. The Morgan fingerprint density at radius 3 is 2.35 bits per heavy atom. The highest BCUT2D eigenvalue weighted by Crippen LogP contribution is 2.31. The lowest BCUT2D eigenvalue weighted by atomic mass is 10.1. The van der Waals surface area contributed by atoms with E-state index in [0.717, 1.165) is 11.0 Å². The van der Waals surface area contributed by atoms with Gasteiger partial charge in [0.2, 0.25) is 0 Å². The number of anilines is 2. The molecule has 0 aromatic heterocycles. The number of fused-ring (bicyclic) bond motifs is 1. The third-order valence-corrected chi connectivity index (χ3v) is 4.79. The van der Waals surface area contributed by atoms with Crippen molar-refractivity contribution in [2.24, 2.45) is 0 Å². The molecule has 9 nitrogen and oxygen atoms in total. The number of carbonyl (C=O) groups excluding carboxylic acids is 3. The summed E-state index contributed by atoms with van der Waals surface area (Å²) < 4.78 is 5.09. The zero-order valence-electron chi connectivity index (χ0n) is 16.2. The summed E-state index contributed by atoms with van der Waals surface area (Å²) in [5, 5.41) is 13.5. The SMILES string of the molecule is COc1ccc(N2C(=O)c3ccc(NC(=O)c4cccc([N+](=O)[O-])c4)cc3C2=O)cc1. The van der Waals surface area contributed by atoms with Gasteiger partial charge in [0.15, 0.2) is 0 Å². The number of benzene rings is 3. The zero-order chi connectivity index (χ0) is 22.1. The monoisotopic (exact) mass is 417 g/mol. The number of nitrogens with one attached hydrogen (secondary N) is 1. The molecule has 0 aliphatic carbocycles. The lowest BCUT2D eigenvalue weighted by molar-refractivity contribution is -0.384. The number of carbonyl (C=O) groups is 3. The van der Waals surface area contributed by atoms with Crippen molar-refractivity contribution in [1.82, 2.24) is 0 Å². The molecule has 3 aromatic carbocycles. The summed E-state index contributed by atoms with van der Waals surface area (Å²) in [5.41, 5.74) is 0.934. The van der Waals surface area contributed by atoms with Crippen LogP contribution < -0.4 is 15.0 Å². The number of hydrogen-bond acceptors (Lipinski definition) is 6. The van der Waals surface area contributed by atoms with Crippen LogP contribution in [0.25, 0.3) is 0 Å². The molecule has 0 fully saturated rings. The van der Waals surface area contributed by atoms with Crippen LogP contribution in [0.1, 0.15) is 31.1 Å². The lowest BCUT2D eigenvalue weighted by Crippen LogP contribution is -2.29. The van der Waals surface area contributed by atoms with E-state index in [0.29, 0.717) is 11.4 Å². The maximum absolute atomic E-state index is 12.9. The molecule has 1 aliphatic heterocycles. The Labute approximate surface area is 176 Å². The third-order valence-electron chi connectivity index (χ3n) is 4.79. The zero-order valence-corrected chi connectivity index (χ0v) is 16.2. The minimum Gasteiger partial charge on any atom is -0.497 e. The fraction of sp³-hybridized carbons (Fsp3) is 0.0455. The van der Waals surface area contributed by atoms with Gasteiger partial charge in [-0.2, -0.15) is 0 Å². The van der Waals surface area contributed by atoms with E-state index in [-0.39, 0.29) is 28.1 Å². The van der Waals surface area contributed by atoms with Gasteiger partial charge in [0, 0.05) is 23.4 Å². The van der Waals surface area contributed by atoms with Gasteiger partial charge in [-0.15, -0.1) is 0 Å². The van der Waals surface area contributed by atoms with Crippen LogP contribution in [0, 0.1) is 10.1 Å². The topological polar surface area (TPSA) is 119 Å². The van der Waals surface area contributed by atoms with Crippen molar-refractivity contribution >= 4 is 34.8 Å². The van der Waals surface area contributed by atoms with Gasteiger partial charge in [-0.1, -0.05) is 6.07 Å². The van der Waals surface area contributed by atoms with Gasteiger partial charge in [0.25, 0.3) is 23.4 Å². The van der Waals surface area contributed by atoms with Crippen LogP contribution in [0.15, 0.2) is 66.7 Å². The maximum atomic E-state index is 12.9. The lowest BCUT2D eigenvalue weighted by Gasteiger charge is -2.14. The van der Waals surface area contributed by atoms with E-state index in [1.807, 2.05) is 0 Å². The fourth-order valence-corrected chi connectivity index (χ4v) is 3.25. The number of amides is 3. The first-order valence-electron chi connectivity index (χ1n) is 9.12. The van der Waals surface area contributed by atoms with Gasteiger partial charge >= 0.3 is 0 Å². The van der Waals surface area contributed by atoms with E-state index in [1.165, 1.54) is 43.5 Å². The van der Waals surface area contributed by atoms with Crippen molar-refractivity contribution in [1.29, 1.82) is 0 Å². The second kappa shape index (κ2) is 7.71. The molecule has 0 saturated carbocycles. The van der Waals surface area contributed by atoms with Crippen LogP contribution >= 0.6 is 0 Å². The molecule has 31 heavy (non-hydrogen) atoms. The summed E-state index contributed by atoms with van der Waals surface area (Å²) in [6, 6.07) is 16.1. The molecule has 0 spiro atoms. The molecule has 3 amide bonds. The molecule has 1 aliphatic rings. The molecule has 0 unspecified atom stereocenters. The first-order chi connectivity index (χ1) is 14.9. The van der Waals surface area contributed by atoms with Crippen LogP contribution in [-0.4, -0.2) is 29.8 Å². The molecule has 154 valence electrons. The largest absolute Gasteiger partial charge is 0.497 e. The predicted molar refractivity (Wildman–Crippen MR) is 112 cm³/mol. The number of ether oxygens (including phenoxy) is 1. The minimum atomic E-state index is -0.593. The Bertz CT molecular complexity index is 1240. The van der Waals surface area contributed by atoms with Crippen molar-refractivity contribution < 1.29 is 24.0 Å². The van der Waals surface area contributed by atoms with Crippen molar-refractivity contribution in [3.05, 3.63) is 93.5 Å². The molecule has 1 N–H and O–H groups in total. The summed E-state index contributed by atoms with van der Waals surface area (Å²) in [6.07, 6.45) is 0. The first kappa shape index (κ1) is 19.8. The van der Waals surface area contributed by atoms with Gasteiger partial charge in [-0.25, -0.2) is 4.90 Å². The number of hydrogen-bond donors (Lipinski definition) is 1. The van der Waals surface area contributed by atoms with Gasteiger partial charge < -0.3 is 10.1 Å². The molecule has 0 radical (unpaired) electrons. The first-order valence-corrected chi connectivity index (χ1v) is 9.12. The highest BCUT2D eigenvalue weighted by atomic mass is 16.6. The average molecular weight is 417 g/mol. The average Bonchev–Trinajstić information content (AvgIpc) is 3.03. The van der Waals surface area contributed by atoms with Crippen LogP contribution in [-0.2, 0) is 0 Å². The van der Waals surface area contributed by atoms with E-state index < -0.39 is 22.6 Å². The maximum Gasteiger partial charge on any atom is 0.270 e. The summed E-state index contributed by atoms with van der Waals surface area (Å²) >= 11 is 0. The fourth-order valence-electron chi connectivity index (χ4n) is 3.25. The summed E-state index contributed by atoms with van der Waals surface area (Å²) in [4.78, 5) is 49.5. The molecular weight excluding hydrogens is 402 g/mol. The summed E-state index contributed by atoms with van der Waals surface area (Å²) in [6.45, 7) is 0. The number of non-ortho nitro benzene ring substituents is 1. The normalized spacial score (nSPS) is 12.5. The van der Waals surface area contributed by atoms with E-state index in [4.69, 9.17) is 4.74 Å². The van der Waals surface area contributed by atoms with Crippen molar-refractivity contribution in [3.8, 4) is 5.75 Å². The summed E-state index contributed by atoms with van der Waals surface area (Å²) in [7, 11) is 1.51. The number of rotatable bonds is 5. The molecule has 0 bridgehead atoms. The van der Waals surface area contributed by atoms with Gasteiger partial charge in [-0.05, 0) is 48.5 Å². The second-order valence-electron chi connectivity index (χ2n) is 6.67. The number of nitro groups is 1. The van der Waals surface area contributed by atoms with Crippen LogP contribution in [0.5, 0.6) is 5.75 Å². The van der Waals surface area contributed by atoms with Crippen molar-refractivity contribution in [2.45, 2.75) is 0 Å². The van der Waals surface area contributed by atoms with Crippen LogP contribution in [0.2, 0.25) is 0 Å². The Morgan fingerprint density at radius 2 is 1.68 bits per heavy atom. The summed E-state index contributed by atoms with van der Waals surface area (Å²) in [5.74, 6) is -0.975. The quantitative estimate of drug-likeness (QED) is 0.384. The van der Waals surface area contributed by atoms with Crippen molar-refractivity contribution in [3.63, 3.8) is 0 Å². The Kier molecular flexibility index (Phi) is 4.92. The van der Waals surface area contributed by atoms with Gasteiger partial charge in [0.05, 0.1) is 28.8 Å². The third kappa shape index (κ3) is 3.60.